The number of nitrogens with zero attached hydrogens (tertiary/aromatic N) is 1. The smallest absolute Gasteiger partial charge is 0.326 e. The summed E-state index contributed by atoms with van der Waals surface area (Å²) in [5.41, 5.74) is 16.5. The Labute approximate surface area is 194 Å². The molecule has 1 saturated heterocycles. The largest absolute Gasteiger partial charge is 0.480 e. The standard InChI is InChI=1S/C21H38N6O6/c1-12(2)10-15(20(31)27-9-5-7-16(27)21(32)33)26-19(30)14(11-17(24)28)25-18(29)13(23)6-3-4-8-22/h12-16H,3-11,22-23H2,1-2H3,(H2,24,28)(H,25,29)(H,26,30)(H,32,33). The van der Waals surface area contributed by atoms with Gasteiger partial charge in [-0.2, -0.15) is 0 Å². The first-order valence-corrected chi connectivity index (χ1v) is 11.4. The lowest BCUT2D eigenvalue weighted by Gasteiger charge is -2.29. The maximum absolute atomic E-state index is 13.1. The zero-order valence-electron chi connectivity index (χ0n) is 19.4. The molecule has 4 amide bonds. The van der Waals surface area contributed by atoms with Gasteiger partial charge in [0.25, 0.3) is 0 Å². The number of carboxylic acid groups (broad SMARTS) is 1. The van der Waals surface area contributed by atoms with Crippen LogP contribution in [-0.2, 0) is 24.0 Å². The zero-order chi connectivity index (χ0) is 25.1. The molecule has 1 aliphatic heterocycles. The fourth-order valence-corrected chi connectivity index (χ4v) is 3.78. The van der Waals surface area contributed by atoms with E-state index in [1.807, 2.05) is 13.8 Å². The van der Waals surface area contributed by atoms with Crippen LogP contribution in [0.2, 0.25) is 0 Å². The van der Waals surface area contributed by atoms with Crippen LogP contribution >= 0.6 is 0 Å². The lowest BCUT2D eigenvalue weighted by Crippen LogP contribution is -2.58. The van der Waals surface area contributed by atoms with Crippen LogP contribution in [0, 0.1) is 5.92 Å². The van der Waals surface area contributed by atoms with Gasteiger partial charge >= 0.3 is 5.97 Å². The quantitative estimate of drug-likeness (QED) is 0.162. The summed E-state index contributed by atoms with van der Waals surface area (Å²) in [6, 6.07) is -4.17. The fraction of sp³-hybridized carbons (Fsp3) is 0.762. The molecule has 1 heterocycles. The summed E-state index contributed by atoms with van der Waals surface area (Å²) in [7, 11) is 0. The summed E-state index contributed by atoms with van der Waals surface area (Å²) in [5.74, 6) is -3.80. The van der Waals surface area contributed by atoms with E-state index in [9.17, 15) is 29.1 Å². The van der Waals surface area contributed by atoms with Gasteiger partial charge in [-0.1, -0.05) is 20.3 Å². The molecule has 0 saturated carbocycles. The monoisotopic (exact) mass is 470 g/mol. The number of nitrogens with one attached hydrogen (secondary N) is 2. The molecule has 0 aromatic rings. The van der Waals surface area contributed by atoms with Crippen LogP contribution in [-0.4, -0.2) is 76.9 Å². The lowest BCUT2D eigenvalue weighted by molar-refractivity contribution is -0.149. The normalized spacial score (nSPS) is 18.5. The molecule has 9 N–H and O–H groups in total. The molecule has 12 heteroatoms. The van der Waals surface area contributed by atoms with Gasteiger partial charge in [0.1, 0.15) is 18.1 Å². The van der Waals surface area contributed by atoms with E-state index in [0.29, 0.717) is 38.6 Å². The van der Waals surface area contributed by atoms with Crippen molar-refractivity contribution in [3.05, 3.63) is 0 Å². The third-order valence-electron chi connectivity index (χ3n) is 5.49. The van der Waals surface area contributed by atoms with E-state index in [4.69, 9.17) is 17.2 Å². The first-order chi connectivity index (χ1) is 15.5. The second kappa shape index (κ2) is 13.7. The Morgan fingerprint density at radius 3 is 2.24 bits per heavy atom. The summed E-state index contributed by atoms with van der Waals surface area (Å²) < 4.78 is 0. The van der Waals surface area contributed by atoms with Gasteiger partial charge in [-0.25, -0.2) is 4.79 Å². The van der Waals surface area contributed by atoms with E-state index in [1.165, 1.54) is 4.90 Å². The minimum Gasteiger partial charge on any atom is -0.480 e. The van der Waals surface area contributed by atoms with Crippen molar-refractivity contribution >= 4 is 29.6 Å². The highest BCUT2D eigenvalue weighted by Gasteiger charge is 2.38. The van der Waals surface area contributed by atoms with Crippen molar-refractivity contribution in [2.45, 2.75) is 83.0 Å². The van der Waals surface area contributed by atoms with E-state index in [1.54, 1.807) is 0 Å². The average Bonchev–Trinajstić information content (AvgIpc) is 3.21. The highest BCUT2D eigenvalue weighted by molar-refractivity contribution is 5.96. The van der Waals surface area contributed by atoms with Crippen LogP contribution in [0.1, 0.15) is 58.8 Å². The zero-order valence-corrected chi connectivity index (χ0v) is 19.4. The van der Waals surface area contributed by atoms with Gasteiger partial charge in [-0.15, -0.1) is 0 Å². The molecular weight excluding hydrogens is 432 g/mol. The lowest BCUT2D eigenvalue weighted by atomic mass is 10.0. The van der Waals surface area contributed by atoms with Crippen molar-refractivity contribution in [2.75, 3.05) is 13.1 Å². The molecule has 1 fully saturated rings. The second-order valence-corrected chi connectivity index (χ2v) is 8.84. The van der Waals surface area contributed by atoms with Gasteiger partial charge in [-0.05, 0) is 44.6 Å². The first kappa shape index (κ1) is 28.3. The maximum atomic E-state index is 13.1. The van der Waals surface area contributed by atoms with Crippen LogP contribution in [0.4, 0.5) is 0 Å². The number of hydrogen-bond donors (Lipinski definition) is 6. The molecule has 1 aliphatic rings. The maximum Gasteiger partial charge on any atom is 0.326 e. The molecule has 0 aromatic heterocycles. The van der Waals surface area contributed by atoms with E-state index in [2.05, 4.69) is 10.6 Å². The van der Waals surface area contributed by atoms with E-state index >= 15 is 0 Å². The van der Waals surface area contributed by atoms with Gasteiger partial charge in [0.05, 0.1) is 12.5 Å². The number of likely N-dealkylation sites (tertiary alicyclic amines) is 1. The van der Waals surface area contributed by atoms with Gasteiger partial charge < -0.3 is 37.8 Å². The molecule has 33 heavy (non-hydrogen) atoms. The second-order valence-electron chi connectivity index (χ2n) is 8.84. The Hall–Kier alpha value is -2.73. The Balaban J connectivity index is 2.94. The van der Waals surface area contributed by atoms with Crippen LogP contribution in [0.5, 0.6) is 0 Å². The number of unbranched alkanes of at least 4 members (excludes halogenated alkanes) is 1. The summed E-state index contributed by atoms with van der Waals surface area (Å²) >= 11 is 0. The molecule has 188 valence electrons. The highest BCUT2D eigenvalue weighted by atomic mass is 16.4. The number of carbonyl (C=O) groups excluding carboxylic acids is 4. The van der Waals surface area contributed by atoms with E-state index in [0.717, 1.165) is 0 Å². The summed E-state index contributed by atoms with van der Waals surface area (Å²) in [4.78, 5) is 62.7. The number of primary amides is 1. The van der Waals surface area contributed by atoms with Crippen LogP contribution < -0.4 is 27.8 Å². The number of amides is 4. The Kier molecular flexibility index (Phi) is 11.8. The average molecular weight is 471 g/mol. The van der Waals surface area contributed by atoms with E-state index < -0.39 is 60.2 Å². The predicted molar refractivity (Wildman–Crippen MR) is 120 cm³/mol. The fourth-order valence-electron chi connectivity index (χ4n) is 3.78. The molecule has 4 atom stereocenters. The summed E-state index contributed by atoms with van der Waals surface area (Å²) in [6.45, 7) is 4.45. The van der Waals surface area contributed by atoms with Gasteiger partial charge in [0, 0.05) is 6.54 Å². The van der Waals surface area contributed by atoms with Crippen LogP contribution in [0.15, 0.2) is 0 Å². The minimum atomic E-state index is -1.31. The topological polar surface area (TPSA) is 211 Å². The van der Waals surface area contributed by atoms with Crippen molar-refractivity contribution in [3.8, 4) is 0 Å². The third kappa shape index (κ3) is 9.34. The Bertz CT molecular complexity index is 715. The van der Waals surface area contributed by atoms with Crippen molar-refractivity contribution in [3.63, 3.8) is 0 Å². The Morgan fingerprint density at radius 2 is 1.70 bits per heavy atom. The number of nitrogens with two attached hydrogens (primary N) is 3. The molecule has 0 bridgehead atoms. The number of hydrogen-bond acceptors (Lipinski definition) is 7. The minimum absolute atomic E-state index is 0.00489. The van der Waals surface area contributed by atoms with Crippen molar-refractivity contribution in [1.29, 1.82) is 0 Å². The van der Waals surface area contributed by atoms with Gasteiger partial charge in [0.15, 0.2) is 0 Å². The first-order valence-electron chi connectivity index (χ1n) is 11.4. The summed E-state index contributed by atoms with van der Waals surface area (Å²) in [5, 5.41) is 14.4. The number of rotatable bonds is 14. The molecule has 4 unspecified atom stereocenters. The third-order valence-corrected chi connectivity index (χ3v) is 5.49. The van der Waals surface area contributed by atoms with Gasteiger partial charge in [-0.3, -0.25) is 19.2 Å². The Morgan fingerprint density at radius 1 is 1.06 bits per heavy atom. The predicted octanol–water partition coefficient (Wildman–Crippen LogP) is -1.59. The molecule has 0 radical (unpaired) electrons. The SMILES string of the molecule is CC(C)CC(NC(=O)C(CC(N)=O)NC(=O)C(N)CCCCN)C(=O)N1CCCC1C(=O)O. The molecule has 0 spiro atoms. The number of carbonyl (C=O) groups is 5. The van der Waals surface area contributed by atoms with Crippen LogP contribution in [0.3, 0.4) is 0 Å². The number of carboxylic acids is 1. The number of aliphatic carboxylic acids is 1. The summed E-state index contributed by atoms with van der Waals surface area (Å²) in [6.07, 6.45) is 2.34. The van der Waals surface area contributed by atoms with Crippen molar-refractivity contribution in [2.24, 2.45) is 23.1 Å². The van der Waals surface area contributed by atoms with Crippen LogP contribution in [0.25, 0.3) is 0 Å². The molecule has 12 nitrogen and oxygen atoms in total. The molecule has 0 aliphatic carbocycles. The molecular formula is C21H38N6O6. The molecule has 1 rings (SSSR count). The van der Waals surface area contributed by atoms with Crippen molar-refractivity contribution < 1.29 is 29.1 Å². The molecule has 0 aromatic carbocycles. The van der Waals surface area contributed by atoms with Crippen molar-refractivity contribution in [1.82, 2.24) is 15.5 Å². The van der Waals surface area contributed by atoms with E-state index in [-0.39, 0.29) is 18.9 Å². The van der Waals surface area contributed by atoms with Gasteiger partial charge in [0.2, 0.25) is 23.6 Å². The highest BCUT2D eigenvalue weighted by Crippen LogP contribution is 2.20.